The Morgan fingerprint density at radius 1 is 1.58 bits per heavy atom. The first-order valence-corrected chi connectivity index (χ1v) is 6.69. The van der Waals surface area contributed by atoms with E-state index in [1.54, 1.807) is 6.20 Å². The first-order chi connectivity index (χ1) is 9.05. The minimum Gasteiger partial charge on any atom is -0.394 e. The largest absolute Gasteiger partial charge is 0.394 e. The van der Waals surface area contributed by atoms with Crippen LogP contribution in [0, 0.1) is 0 Å². The number of pyridine rings is 1. The van der Waals surface area contributed by atoms with Gasteiger partial charge in [-0.05, 0) is 26.0 Å². The van der Waals surface area contributed by atoms with Gasteiger partial charge in [-0.1, -0.05) is 6.07 Å². The van der Waals surface area contributed by atoms with Gasteiger partial charge in [0, 0.05) is 25.8 Å². The quantitative estimate of drug-likeness (QED) is 0.832. The molecule has 2 rings (SSSR count). The zero-order chi connectivity index (χ0) is 13.9. The molecule has 1 fully saturated rings. The normalized spacial score (nSPS) is 25.2. The van der Waals surface area contributed by atoms with E-state index in [1.165, 1.54) is 0 Å². The van der Waals surface area contributed by atoms with Gasteiger partial charge in [-0.15, -0.1) is 0 Å². The van der Waals surface area contributed by atoms with Crippen molar-refractivity contribution < 1.29 is 9.84 Å². The maximum atomic E-state index is 9.37. The smallest absolute Gasteiger partial charge is 0.0940 e. The van der Waals surface area contributed by atoms with E-state index < -0.39 is 0 Å². The zero-order valence-corrected chi connectivity index (χ0v) is 11.6. The second-order valence-electron chi connectivity index (χ2n) is 5.62. The van der Waals surface area contributed by atoms with Crippen molar-refractivity contribution in [1.82, 2.24) is 9.88 Å². The van der Waals surface area contributed by atoms with Gasteiger partial charge in [0.15, 0.2) is 0 Å². The van der Waals surface area contributed by atoms with E-state index in [2.05, 4.69) is 9.88 Å². The summed E-state index contributed by atoms with van der Waals surface area (Å²) in [5.41, 5.74) is 6.61. The number of morpholine rings is 1. The fourth-order valence-electron chi connectivity index (χ4n) is 2.70. The highest BCUT2D eigenvalue weighted by Gasteiger charge is 2.36. The number of rotatable bonds is 4. The maximum Gasteiger partial charge on any atom is 0.0940 e. The predicted molar refractivity (Wildman–Crippen MR) is 73.6 cm³/mol. The van der Waals surface area contributed by atoms with Gasteiger partial charge in [-0.3, -0.25) is 9.88 Å². The van der Waals surface area contributed by atoms with E-state index >= 15 is 0 Å². The van der Waals surface area contributed by atoms with Crippen LogP contribution in [0.2, 0.25) is 0 Å². The molecule has 5 nitrogen and oxygen atoms in total. The molecule has 0 aromatic carbocycles. The van der Waals surface area contributed by atoms with E-state index in [9.17, 15) is 5.11 Å². The number of nitrogens with two attached hydrogens (primary N) is 1. The molecule has 19 heavy (non-hydrogen) atoms. The lowest BCUT2D eigenvalue weighted by Gasteiger charge is -2.45. The summed E-state index contributed by atoms with van der Waals surface area (Å²) in [6.45, 7) is 6.06. The van der Waals surface area contributed by atoms with Crippen LogP contribution in [-0.2, 0) is 4.74 Å². The molecular weight excluding hydrogens is 242 g/mol. The Morgan fingerprint density at radius 2 is 2.37 bits per heavy atom. The minimum atomic E-state index is -0.284. The summed E-state index contributed by atoms with van der Waals surface area (Å²) in [6, 6.07) is 5.93. The van der Waals surface area contributed by atoms with Crippen LogP contribution < -0.4 is 5.73 Å². The molecule has 106 valence electrons. The first-order valence-electron chi connectivity index (χ1n) is 6.69. The molecule has 0 spiro atoms. The lowest BCUT2D eigenvalue weighted by molar-refractivity contribution is -0.157. The average molecular weight is 265 g/mol. The Balaban J connectivity index is 2.18. The van der Waals surface area contributed by atoms with Crippen molar-refractivity contribution >= 4 is 0 Å². The van der Waals surface area contributed by atoms with Crippen molar-refractivity contribution in [3.8, 4) is 0 Å². The molecular formula is C14H23N3O2. The Hall–Kier alpha value is -1.01. The average Bonchev–Trinajstić information content (AvgIpc) is 2.39. The fraction of sp³-hybridized carbons (Fsp3) is 0.643. The second kappa shape index (κ2) is 5.96. The summed E-state index contributed by atoms with van der Waals surface area (Å²) in [6.07, 6.45) is 1.62. The molecule has 0 bridgehead atoms. The van der Waals surface area contributed by atoms with Crippen LogP contribution in [0.5, 0.6) is 0 Å². The SMILES string of the molecule is CC1(C)CN(C(CN)c2ccccn2)CC(CO)O1. The van der Waals surface area contributed by atoms with Crippen LogP contribution in [0.15, 0.2) is 24.4 Å². The zero-order valence-electron chi connectivity index (χ0n) is 11.6. The summed E-state index contributed by atoms with van der Waals surface area (Å²) in [5, 5.41) is 9.37. The Morgan fingerprint density at radius 3 is 2.95 bits per heavy atom. The van der Waals surface area contributed by atoms with Gasteiger partial charge < -0.3 is 15.6 Å². The molecule has 1 aromatic heterocycles. The molecule has 5 heteroatoms. The van der Waals surface area contributed by atoms with Gasteiger partial charge in [0.05, 0.1) is 30.0 Å². The van der Waals surface area contributed by atoms with E-state index in [0.717, 1.165) is 12.2 Å². The van der Waals surface area contributed by atoms with Crippen molar-refractivity contribution in [1.29, 1.82) is 0 Å². The maximum absolute atomic E-state index is 9.37. The van der Waals surface area contributed by atoms with Gasteiger partial charge in [-0.25, -0.2) is 0 Å². The van der Waals surface area contributed by atoms with E-state index in [-0.39, 0.29) is 24.4 Å². The standard InChI is InChI=1S/C14H23N3O2/c1-14(2)10-17(8-11(9-18)19-14)13(7-15)12-5-3-4-6-16-12/h3-6,11,13,18H,7-10,15H2,1-2H3. The van der Waals surface area contributed by atoms with Crippen molar-refractivity contribution in [3.63, 3.8) is 0 Å². The molecule has 3 N–H and O–H groups in total. The lowest BCUT2D eigenvalue weighted by atomic mass is 10.0. The number of aromatic nitrogens is 1. The minimum absolute atomic E-state index is 0.0272. The summed E-state index contributed by atoms with van der Waals surface area (Å²) in [7, 11) is 0. The third-order valence-corrected chi connectivity index (χ3v) is 3.40. The van der Waals surface area contributed by atoms with Crippen LogP contribution in [0.4, 0.5) is 0 Å². The van der Waals surface area contributed by atoms with Crippen molar-refractivity contribution in [2.24, 2.45) is 5.73 Å². The van der Waals surface area contributed by atoms with Crippen molar-refractivity contribution in [2.75, 3.05) is 26.2 Å². The highest BCUT2D eigenvalue weighted by molar-refractivity contribution is 5.10. The van der Waals surface area contributed by atoms with Crippen molar-refractivity contribution in [3.05, 3.63) is 30.1 Å². The van der Waals surface area contributed by atoms with Crippen LogP contribution >= 0.6 is 0 Å². The van der Waals surface area contributed by atoms with E-state index in [1.807, 2.05) is 32.0 Å². The van der Waals surface area contributed by atoms with Crippen LogP contribution in [0.25, 0.3) is 0 Å². The molecule has 1 aromatic rings. The molecule has 0 saturated carbocycles. The number of aliphatic hydroxyl groups excluding tert-OH is 1. The topological polar surface area (TPSA) is 71.6 Å². The number of hydrogen-bond acceptors (Lipinski definition) is 5. The highest BCUT2D eigenvalue weighted by Crippen LogP contribution is 2.27. The lowest BCUT2D eigenvalue weighted by Crippen LogP contribution is -2.55. The Labute approximate surface area is 114 Å². The van der Waals surface area contributed by atoms with Crippen LogP contribution in [0.1, 0.15) is 25.6 Å². The monoisotopic (exact) mass is 265 g/mol. The van der Waals surface area contributed by atoms with Gasteiger partial charge in [0.25, 0.3) is 0 Å². The fourth-order valence-corrected chi connectivity index (χ4v) is 2.70. The molecule has 2 atom stereocenters. The van der Waals surface area contributed by atoms with Crippen molar-refractivity contribution in [2.45, 2.75) is 31.6 Å². The number of nitrogens with zero attached hydrogens (tertiary/aromatic N) is 2. The number of aliphatic hydroxyl groups is 1. The summed E-state index contributed by atoms with van der Waals surface area (Å²) >= 11 is 0. The van der Waals surface area contributed by atoms with Gasteiger partial charge in [0.2, 0.25) is 0 Å². The molecule has 2 heterocycles. The van der Waals surface area contributed by atoms with E-state index in [0.29, 0.717) is 13.1 Å². The van der Waals surface area contributed by atoms with Crippen LogP contribution in [0.3, 0.4) is 0 Å². The molecule has 1 aliphatic heterocycles. The number of hydrogen-bond donors (Lipinski definition) is 2. The highest BCUT2D eigenvalue weighted by atomic mass is 16.5. The number of ether oxygens (including phenoxy) is 1. The third kappa shape index (κ3) is 3.51. The summed E-state index contributed by atoms with van der Waals surface area (Å²) < 4.78 is 5.83. The van der Waals surface area contributed by atoms with E-state index in [4.69, 9.17) is 10.5 Å². The molecule has 0 amide bonds. The summed E-state index contributed by atoms with van der Waals surface area (Å²) in [5.74, 6) is 0. The Bertz CT molecular complexity index is 397. The second-order valence-corrected chi connectivity index (χ2v) is 5.62. The van der Waals surface area contributed by atoms with Gasteiger partial charge >= 0.3 is 0 Å². The molecule has 1 aliphatic rings. The summed E-state index contributed by atoms with van der Waals surface area (Å²) in [4.78, 5) is 6.66. The van der Waals surface area contributed by atoms with Crippen LogP contribution in [-0.4, -0.2) is 52.9 Å². The van der Waals surface area contributed by atoms with Gasteiger partial charge in [-0.2, -0.15) is 0 Å². The molecule has 0 radical (unpaired) electrons. The predicted octanol–water partition coefficient (Wildman–Crippen LogP) is 0.553. The first kappa shape index (κ1) is 14.4. The van der Waals surface area contributed by atoms with Gasteiger partial charge in [0.1, 0.15) is 0 Å². The molecule has 1 saturated heterocycles. The third-order valence-electron chi connectivity index (χ3n) is 3.40. The Kier molecular flexibility index (Phi) is 4.52. The molecule has 0 aliphatic carbocycles. The molecule has 2 unspecified atom stereocenters.